The van der Waals surface area contributed by atoms with Gasteiger partial charge in [-0.15, -0.1) is 0 Å². The van der Waals surface area contributed by atoms with Gasteiger partial charge in [-0.05, 0) is 39.3 Å². The predicted molar refractivity (Wildman–Crippen MR) is 110 cm³/mol. The molecule has 31 heavy (non-hydrogen) atoms. The summed E-state index contributed by atoms with van der Waals surface area (Å²) in [5, 5.41) is 16.3. The van der Waals surface area contributed by atoms with Gasteiger partial charge in [0, 0.05) is 12.6 Å². The molecular weight excluding hydrogens is 407 g/mol. The fourth-order valence-electron chi connectivity index (χ4n) is 2.20. The molecule has 1 aromatic heterocycles. The number of aromatic nitrogens is 2. The van der Waals surface area contributed by atoms with E-state index in [1.807, 2.05) is 6.07 Å². The average Bonchev–Trinajstić information content (AvgIpc) is 2.69. The van der Waals surface area contributed by atoms with Gasteiger partial charge in [0.1, 0.15) is 23.2 Å². The van der Waals surface area contributed by atoms with Crippen LogP contribution in [0.25, 0.3) is 0 Å². The summed E-state index contributed by atoms with van der Waals surface area (Å²) >= 11 is 0. The first-order valence-corrected chi connectivity index (χ1v) is 9.35. The number of nitrogens with zero attached hydrogens (tertiary/aromatic N) is 3. The smallest absolute Gasteiger partial charge is 0.407 e. The van der Waals surface area contributed by atoms with Crippen molar-refractivity contribution in [2.45, 2.75) is 32.8 Å². The first-order chi connectivity index (χ1) is 14.7. The molecule has 0 radical (unpaired) electrons. The Kier molecular flexibility index (Phi) is 8.08. The molecule has 2 rings (SSSR count). The molecule has 1 aromatic carbocycles. The van der Waals surface area contributed by atoms with Crippen LogP contribution in [-0.4, -0.2) is 40.8 Å². The van der Waals surface area contributed by atoms with Gasteiger partial charge in [0.25, 0.3) is 0 Å². The number of hydrogen-bond donors (Lipinski definition) is 3. The van der Waals surface area contributed by atoms with Gasteiger partial charge in [0.2, 0.25) is 0 Å². The number of benzene rings is 1. The largest absolute Gasteiger partial charge is 0.491 e. The van der Waals surface area contributed by atoms with E-state index in [-0.39, 0.29) is 29.6 Å². The summed E-state index contributed by atoms with van der Waals surface area (Å²) < 4.78 is 24.3. The van der Waals surface area contributed by atoms with Gasteiger partial charge >= 0.3 is 12.1 Å². The lowest BCUT2D eigenvalue weighted by Crippen LogP contribution is -2.33. The maximum Gasteiger partial charge on any atom is 0.407 e. The van der Waals surface area contributed by atoms with Gasteiger partial charge in [0.15, 0.2) is 11.5 Å². The van der Waals surface area contributed by atoms with E-state index < -0.39 is 23.5 Å². The van der Waals surface area contributed by atoms with Gasteiger partial charge < -0.3 is 20.1 Å². The van der Waals surface area contributed by atoms with Crippen LogP contribution in [0.4, 0.5) is 25.5 Å². The Morgan fingerprint density at radius 3 is 2.61 bits per heavy atom. The molecule has 0 fully saturated rings. The quantitative estimate of drug-likeness (QED) is 0.572. The van der Waals surface area contributed by atoms with E-state index in [1.54, 1.807) is 20.8 Å². The highest BCUT2D eigenvalue weighted by Gasteiger charge is 2.15. The minimum atomic E-state index is -0.651. The third-order valence-electron chi connectivity index (χ3n) is 3.45. The molecule has 0 aliphatic rings. The number of nitrogens with one attached hydrogen (secondary N) is 3. The predicted octanol–water partition coefficient (Wildman–Crippen LogP) is 3.42. The van der Waals surface area contributed by atoms with Crippen LogP contribution in [0.2, 0.25) is 0 Å². The van der Waals surface area contributed by atoms with Crippen molar-refractivity contribution in [1.29, 1.82) is 5.26 Å². The van der Waals surface area contributed by atoms with Crippen LogP contribution < -0.4 is 20.7 Å². The van der Waals surface area contributed by atoms with Gasteiger partial charge in [0.05, 0.1) is 24.7 Å². The minimum absolute atomic E-state index is 0.112. The molecule has 0 saturated heterocycles. The highest BCUT2D eigenvalue weighted by atomic mass is 19.1. The lowest BCUT2D eigenvalue weighted by atomic mass is 10.2. The molecule has 0 aliphatic heterocycles. The molecule has 2 aromatic rings. The van der Waals surface area contributed by atoms with E-state index in [0.29, 0.717) is 13.0 Å². The van der Waals surface area contributed by atoms with Gasteiger partial charge in [-0.1, -0.05) is 0 Å². The summed E-state index contributed by atoms with van der Waals surface area (Å²) in [5.74, 6) is -0.279. The van der Waals surface area contributed by atoms with Crippen molar-refractivity contribution in [3.8, 4) is 11.8 Å². The number of rotatable bonds is 7. The number of halogens is 1. The van der Waals surface area contributed by atoms with E-state index >= 15 is 0 Å². The topological polar surface area (TPSA) is 138 Å². The van der Waals surface area contributed by atoms with E-state index in [2.05, 4.69) is 25.9 Å². The van der Waals surface area contributed by atoms with Crippen LogP contribution in [0.5, 0.6) is 5.75 Å². The first kappa shape index (κ1) is 23.3. The molecule has 0 saturated carbocycles. The van der Waals surface area contributed by atoms with Crippen LogP contribution in [-0.2, 0) is 4.74 Å². The molecule has 0 spiro atoms. The van der Waals surface area contributed by atoms with Crippen LogP contribution >= 0.6 is 0 Å². The number of nitriles is 1. The second-order valence-corrected chi connectivity index (χ2v) is 7.25. The molecule has 0 unspecified atom stereocenters. The summed E-state index contributed by atoms with van der Waals surface area (Å²) in [4.78, 5) is 31.4. The summed E-state index contributed by atoms with van der Waals surface area (Å²) in [5.41, 5.74) is -0.242. The molecule has 1 heterocycles. The van der Waals surface area contributed by atoms with Crippen molar-refractivity contribution in [3.05, 3.63) is 42.1 Å². The fraction of sp³-hybridized carbons (Fsp3) is 0.350. The first-order valence-electron chi connectivity index (χ1n) is 9.35. The van der Waals surface area contributed by atoms with Crippen molar-refractivity contribution >= 4 is 23.6 Å². The number of urea groups is 1. The standard InChI is InChI=1S/C20H23FN6O4/c1-20(2,3)31-19(29)23-7-4-8-30-16-9-13(21)5-6-15(16)26-18(28)27-17-12-24-14(10-22)11-25-17/h5-6,9,11-12H,4,7-8H2,1-3H3,(H,23,29)(H2,25,26,27,28). The Morgan fingerprint density at radius 2 is 1.97 bits per heavy atom. The van der Waals surface area contributed by atoms with E-state index in [1.165, 1.54) is 24.5 Å². The van der Waals surface area contributed by atoms with Crippen molar-refractivity contribution in [2.75, 3.05) is 23.8 Å². The molecule has 11 heteroatoms. The zero-order chi connectivity index (χ0) is 22.9. The Morgan fingerprint density at radius 1 is 1.19 bits per heavy atom. The Hall–Kier alpha value is -3.94. The monoisotopic (exact) mass is 430 g/mol. The molecule has 10 nitrogen and oxygen atoms in total. The number of alkyl carbamates (subject to hydrolysis) is 1. The lowest BCUT2D eigenvalue weighted by Gasteiger charge is -2.19. The van der Waals surface area contributed by atoms with E-state index in [4.69, 9.17) is 14.7 Å². The van der Waals surface area contributed by atoms with Crippen molar-refractivity contribution in [3.63, 3.8) is 0 Å². The molecule has 0 atom stereocenters. The number of hydrogen-bond acceptors (Lipinski definition) is 7. The van der Waals surface area contributed by atoms with Gasteiger partial charge in [-0.25, -0.2) is 23.9 Å². The number of amides is 3. The zero-order valence-electron chi connectivity index (χ0n) is 17.4. The summed E-state index contributed by atoms with van der Waals surface area (Å²) in [6, 6.07) is 4.84. The number of anilines is 2. The summed E-state index contributed by atoms with van der Waals surface area (Å²) in [6.07, 6.45) is 2.34. The SMILES string of the molecule is CC(C)(C)OC(=O)NCCCOc1cc(F)ccc1NC(=O)Nc1cnc(C#N)cn1. The molecule has 3 amide bonds. The Bertz CT molecular complexity index is 954. The lowest BCUT2D eigenvalue weighted by molar-refractivity contribution is 0.0525. The van der Waals surface area contributed by atoms with Crippen LogP contribution in [0.1, 0.15) is 32.9 Å². The summed E-state index contributed by atoms with van der Waals surface area (Å²) in [7, 11) is 0. The van der Waals surface area contributed by atoms with Crippen molar-refractivity contribution in [2.24, 2.45) is 0 Å². The number of ether oxygens (including phenoxy) is 2. The van der Waals surface area contributed by atoms with Crippen LogP contribution in [0, 0.1) is 17.1 Å². The summed E-state index contributed by atoms with van der Waals surface area (Å²) in [6.45, 7) is 5.75. The van der Waals surface area contributed by atoms with Gasteiger partial charge in [-0.3, -0.25) is 5.32 Å². The average molecular weight is 430 g/mol. The third-order valence-corrected chi connectivity index (χ3v) is 3.45. The second-order valence-electron chi connectivity index (χ2n) is 7.25. The third kappa shape index (κ3) is 8.53. The minimum Gasteiger partial charge on any atom is -0.491 e. The zero-order valence-corrected chi connectivity index (χ0v) is 17.4. The highest BCUT2D eigenvalue weighted by Crippen LogP contribution is 2.25. The molecule has 3 N–H and O–H groups in total. The Balaban J connectivity index is 1.86. The second kappa shape index (κ2) is 10.7. The van der Waals surface area contributed by atoms with Crippen molar-refractivity contribution < 1.29 is 23.5 Å². The van der Waals surface area contributed by atoms with Crippen LogP contribution in [0.3, 0.4) is 0 Å². The molecular formula is C20H23FN6O4. The maximum absolute atomic E-state index is 13.6. The normalized spacial score (nSPS) is 10.5. The molecule has 164 valence electrons. The van der Waals surface area contributed by atoms with E-state index in [0.717, 1.165) is 6.07 Å². The van der Waals surface area contributed by atoms with Crippen LogP contribution in [0.15, 0.2) is 30.6 Å². The molecule has 0 aliphatic carbocycles. The van der Waals surface area contributed by atoms with E-state index in [9.17, 15) is 14.0 Å². The number of carbonyl (C=O) groups is 2. The van der Waals surface area contributed by atoms with Crippen molar-refractivity contribution in [1.82, 2.24) is 15.3 Å². The maximum atomic E-state index is 13.6. The van der Waals surface area contributed by atoms with Gasteiger partial charge in [-0.2, -0.15) is 5.26 Å². The molecule has 0 bridgehead atoms. The number of carbonyl (C=O) groups excluding carboxylic acids is 2. The fourth-order valence-corrected chi connectivity index (χ4v) is 2.20. The Labute approximate surface area is 178 Å². The highest BCUT2D eigenvalue weighted by molar-refractivity contribution is 6.00.